The fourth-order valence-corrected chi connectivity index (χ4v) is 3.68. The fraction of sp³-hybridized carbons (Fsp3) is 0.417. The number of halogens is 1. The number of benzene rings is 1. The number of likely N-dealkylation sites (N-methyl/N-ethyl adjacent to an activating group) is 1. The molecule has 0 atom stereocenters. The molecule has 1 saturated heterocycles. The molecule has 0 saturated carbocycles. The molecule has 20 heavy (non-hydrogen) atoms. The lowest BCUT2D eigenvalue weighted by Gasteiger charge is -2.31. The van der Waals surface area contributed by atoms with Gasteiger partial charge in [0.15, 0.2) is 0 Å². The molecule has 0 unspecified atom stereocenters. The van der Waals surface area contributed by atoms with Crippen LogP contribution in [0.4, 0.5) is 4.39 Å². The zero-order chi connectivity index (χ0) is 14.9. The topological polar surface area (TPSA) is 83.7 Å². The number of carbonyl (C=O) groups excluding carboxylic acids is 1. The molecule has 8 heteroatoms. The van der Waals surface area contributed by atoms with Crippen LogP contribution in [0.1, 0.15) is 5.56 Å². The summed E-state index contributed by atoms with van der Waals surface area (Å²) in [5, 5.41) is 0. The Labute approximate surface area is 117 Å². The standard InChI is InChI=1S/C12H16FN3O3S/c1-15-5-6-16(8-12(15)17)20(18,19)11-4-2-3-10(13)9(11)7-14/h2-4H,5-8,14H2,1H3. The largest absolute Gasteiger partial charge is 0.343 e. The number of rotatable bonds is 3. The second-order valence-electron chi connectivity index (χ2n) is 4.57. The van der Waals surface area contributed by atoms with Crippen molar-refractivity contribution in [2.24, 2.45) is 5.73 Å². The molecule has 1 aromatic carbocycles. The molecule has 1 heterocycles. The van der Waals surface area contributed by atoms with Crippen LogP contribution in [0.5, 0.6) is 0 Å². The molecule has 0 radical (unpaired) electrons. The van der Waals surface area contributed by atoms with Crippen LogP contribution in [-0.2, 0) is 21.4 Å². The lowest BCUT2D eigenvalue weighted by atomic mass is 10.2. The minimum atomic E-state index is -3.92. The highest BCUT2D eigenvalue weighted by Crippen LogP contribution is 2.23. The van der Waals surface area contributed by atoms with Crippen molar-refractivity contribution in [3.8, 4) is 0 Å². The van der Waals surface area contributed by atoms with Gasteiger partial charge >= 0.3 is 0 Å². The van der Waals surface area contributed by atoms with Crippen molar-refractivity contribution in [3.63, 3.8) is 0 Å². The third-order valence-electron chi connectivity index (χ3n) is 3.32. The molecule has 0 aromatic heterocycles. The third kappa shape index (κ3) is 2.54. The number of piperazine rings is 1. The molecule has 1 fully saturated rings. The van der Waals surface area contributed by atoms with Crippen LogP contribution in [-0.4, -0.2) is 50.2 Å². The monoisotopic (exact) mass is 301 g/mol. The van der Waals surface area contributed by atoms with E-state index in [0.29, 0.717) is 6.54 Å². The first-order valence-corrected chi connectivity index (χ1v) is 7.53. The Balaban J connectivity index is 2.41. The van der Waals surface area contributed by atoms with E-state index in [-0.39, 0.29) is 36.0 Å². The van der Waals surface area contributed by atoms with Gasteiger partial charge in [-0.05, 0) is 12.1 Å². The maximum absolute atomic E-state index is 13.6. The summed E-state index contributed by atoms with van der Waals surface area (Å²) in [7, 11) is -2.31. The van der Waals surface area contributed by atoms with E-state index in [1.807, 2.05) is 0 Å². The number of nitrogens with two attached hydrogens (primary N) is 1. The quantitative estimate of drug-likeness (QED) is 0.834. The minimum absolute atomic E-state index is 0.0566. The molecule has 6 nitrogen and oxygen atoms in total. The molecule has 2 N–H and O–H groups in total. The van der Waals surface area contributed by atoms with E-state index in [1.165, 1.54) is 17.0 Å². The Bertz CT molecular complexity index is 633. The third-order valence-corrected chi connectivity index (χ3v) is 5.25. The summed E-state index contributed by atoms with van der Waals surface area (Å²) in [6.45, 7) is 0.0404. The maximum atomic E-state index is 13.6. The predicted octanol–water partition coefficient (Wildman–Crippen LogP) is -0.253. The van der Waals surface area contributed by atoms with Gasteiger partial charge in [-0.1, -0.05) is 6.07 Å². The highest BCUT2D eigenvalue weighted by atomic mass is 32.2. The summed E-state index contributed by atoms with van der Waals surface area (Å²) in [6, 6.07) is 3.79. The number of hydrogen-bond donors (Lipinski definition) is 1. The van der Waals surface area contributed by atoms with Gasteiger partial charge in [-0.3, -0.25) is 4.79 Å². The molecule has 1 aliphatic rings. The molecule has 110 valence electrons. The van der Waals surface area contributed by atoms with Gasteiger partial charge in [0.05, 0.1) is 11.4 Å². The van der Waals surface area contributed by atoms with Gasteiger partial charge < -0.3 is 10.6 Å². The van der Waals surface area contributed by atoms with Crippen LogP contribution in [0.2, 0.25) is 0 Å². The van der Waals surface area contributed by atoms with Gasteiger partial charge in [0, 0.05) is 32.2 Å². The molecular formula is C12H16FN3O3S. The molecule has 1 amide bonds. The first kappa shape index (κ1) is 14.9. The molecule has 2 rings (SSSR count). The summed E-state index contributed by atoms with van der Waals surface area (Å²) < 4.78 is 39.7. The summed E-state index contributed by atoms with van der Waals surface area (Å²) in [6.07, 6.45) is 0. The summed E-state index contributed by atoms with van der Waals surface area (Å²) in [4.78, 5) is 12.9. The number of hydrogen-bond acceptors (Lipinski definition) is 4. The number of sulfonamides is 1. The zero-order valence-electron chi connectivity index (χ0n) is 11.0. The van der Waals surface area contributed by atoms with Gasteiger partial charge in [-0.25, -0.2) is 12.8 Å². The van der Waals surface area contributed by atoms with Gasteiger partial charge in [0.25, 0.3) is 0 Å². The number of carbonyl (C=O) groups is 1. The maximum Gasteiger partial charge on any atom is 0.244 e. The lowest BCUT2D eigenvalue weighted by molar-refractivity contribution is -0.132. The SMILES string of the molecule is CN1CCN(S(=O)(=O)c2cccc(F)c2CN)CC1=O. The van der Waals surface area contributed by atoms with Crippen LogP contribution >= 0.6 is 0 Å². The van der Waals surface area contributed by atoms with Crippen LogP contribution in [0.3, 0.4) is 0 Å². The zero-order valence-corrected chi connectivity index (χ0v) is 11.9. The van der Waals surface area contributed by atoms with Gasteiger partial charge in [-0.2, -0.15) is 4.31 Å². The van der Waals surface area contributed by atoms with Crippen molar-refractivity contribution in [1.29, 1.82) is 0 Å². The second kappa shape index (κ2) is 5.47. The Morgan fingerprint density at radius 1 is 1.35 bits per heavy atom. The molecule has 0 spiro atoms. The first-order valence-electron chi connectivity index (χ1n) is 6.09. The highest BCUT2D eigenvalue weighted by Gasteiger charge is 2.33. The Morgan fingerprint density at radius 2 is 2.05 bits per heavy atom. The predicted molar refractivity (Wildman–Crippen MR) is 70.7 cm³/mol. The molecule has 0 aliphatic carbocycles. The number of nitrogens with zero attached hydrogens (tertiary/aromatic N) is 2. The van der Waals surface area contributed by atoms with E-state index in [4.69, 9.17) is 5.73 Å². The first-order chi connectivity index (χ1) is 9.37. The summed E-state index contributed by atoms with van der Waals surface area (Å²) in [5.74, 6) is -0.945. The smallest absolute Gasteiger partial charge is 0.244 e. The fourth-order valence-electron chi connectivity index (χ4n) is 2.06. The van der Waals surface area contributed by atoms with Gasteiger partial charge in [0.2, 0.25) is 15.9 Å². The van der Waals surface area contributed by atoms with Crippen molar-refractivity contribution >= 4 is 15.9 Å². The van der Waals surface area contributed by atoms with Crippen molar-refractivity contribution in [3.05, 3.63) is 29.6 Å². The average molecular weight is 301 g/mol. The van der Waals surface area contributed by atoms with Gasteiger partial charge in [0.1, 0.15) is 5.82 Å². The van der Waals surface area contributed by atoms with E-state index in [0.717, 1.165) is 10.4 Å². The Kier molecular flexibility index (Phi) is 4.07. The van der Waals surface area contributed by atoms with E-state index in [1.54, 1.807) is 7.05 Å². The second-order valence-corrected chi connectivity index (χ2v) is 6.48. The molecule has 1 aliphatic heterocycles. The summed E-state index contributed by atoms with van der Waals surface area (Å²) in [5.41, 5.74) is 5.37. The minimum Gasteiger partial charge on any atom is -0.343 e. The van der Waals surface area contributed by atoms with E-state index >= 15 is 0 Å². The van der Waals surface area contributed by atoms with Gasteiger partial charge in [-0.15, -0.1) is 0 Å². The normalized spacial score (nSPS) is 17.6. The summed E-state index contributed by atoms with van der Waals surface area (Å²) >= 11 is 0. The molecular weight excluding hydrogens is 285 g/mol. The Hall–Kier alpha value is -1.51. The lowest BCUT2D eigenvalue weighted by Crippen LogP contribution is -2.50. The van der Waals surface area contributed by atoms with Crippen LogP contribution in [0.15, 0.2) is 23.1 Å². The van der Waals surface area contributed by atoms with Crippen molar-refractivity contribution in [2.75, 3.05) is 26.7 Å². The van der Waals surface area contributed by atoms with Crippen LogP contribution in [0, 0.1) is 5.82 Å². The van der Waals surface area contributed by atoms with E-state index in [2.05, 4.69) is 0 Å². The van der Waals surface area contributed by atoms with E-state index < -0.39 is 15.8 Å². The molecule has 1 aromatic rings. The van der Waals surface area contributed by atoms with Crippen molar-refractivity contribution < 1.29 is 17.6 Å². The Morgan fingerprint density at radius 3 is 2.65 bits per heavy atom. The van der Waals surface area contributed by atoms with Crippen molar-refractivity contribution in [2.45, 2.75) is 11.4 Å². The molecule has 0 bridgehead atoms. The highest BCUT2D eigenvalue weighted by molar-refractivity contribution is 7.89. The van der Waals surface area contributed by atoms with E-state index in [9.17, 15) is 17.6 Å². The van der Waals surface area contributed by atoms with Crippen LogP contribution < -0.4 is 5.73 Å². The van der Waals surface area contributed by atoms with Crippen molar-refractivity contribution in [1.82, 2.24) is 9.21 Å². The number of amides is 1. The average Bonchev–Trinajstić information content (AvgIpc) is 2.41. The van der Waals surface area contributed by atoms with Crippen LogP contribution in [0.25, 0.3) is 0 Å².